The first-order chi connectivity index (χ1) is 16.0. The van der Waals surface area contributed by atoms with Crippen LogP contribution >= 0.6 is 11.8 Å². The lowest BCUT2D eigenvalue weighted by Gasteiger charge is -2.12. The largest absolute Gasteiger partial charge is 0.468 e. The van der Waals surface area contributed by atoms with E-state index in [1.807, 2.05) is 0 Å². The first-order valence-corrected chi connectivity index (χ1v) is 10.9. The Bertz CT molecular complexity index is 1180. The molecule has 0 aliphatic rings. The number of halogens is 1. The molecule has 8 heteroatoms. The van der Waals surface area contributed by atoms with Crippen molar-refractivity contribution in [3.05, 3.63) is 102 Å². The Kier molecular flexibility index (Phi) is 8.37. The lowest BCUT2D eigenvalue weighted by atomic mass is 10.1. The molecule has 0 bridgehead atoms. The molecule has 3 aromatic rings. The average Bonchev–Trinajstić information content (AvgIpc) is 2.84. The van der Waals surface area contributed by atoms with Gasteiger partial charge in [-0.25, -0.2) is 4.39 Å². The normalized spacial score (nSPS) is 10.9. The van der Waals surface area contributed by atoms with Gasteiger partial charge in [-0.1, -0.05) is 42.5 Å². The zero-order valence-corrected chi connectivity index (χ0v) is 18.5. The smallest absolute Gasteiger partial charge is 0.315 e. The lowest BCUT2D eigenvalue weighted by molar-refractivity contribution is -0.137. The maximum Gasteiger partial charge on any atom is 0.315 e. The summed E-state index contributed by atoms with van der Waals surface area (Å²) in [5.74, 6) is -1.90. The van der Waals surface area contributed by atoms with E-state index >= 15 is 0 Å². The molecule has 3 aromatic carbocycles. The van der Waals surface area contributed by atoms with Gasteiger partial charge in [0.05, 0.1) is 12.9 Å². The molecular weight excluding hydrogens is 443 g/mol. The first kappa shape index (κ1) is 23.7. The summed E-state index contributed by atoms with van der Waals surface area (Å²) in [5.41, 5.74) is 0.828. The van der Waals surface area contributed by atoms with Crippen LogP contribution in [0.2, 0.25) is 0 Å². The van der Waals surface area contributed by atoms with Crippen LogP contribution in [0.1, 0.15) is 15.9 Å². The minimum Gasteiger partial charge on any atom is -0.468 e. The standard InChI is InChI=1S/C25H21FN2O4S/c1-32-23(29)16-33-20-12-7-11-19(15-20)27-25(31)22(14-18-10-5-6-13-21(18)26)28-24(30)17-8-3-2-4-9-17/h2-15H,16H2,1H3,(H,27,31)(H,28,30)/b22-14+. The van der Waals surface area contributed by atoms with Crippen molar-refractivity contribution in [2.75, 3.05) is 18.2 Å². The van der Waals surface area contributed by atoms with E-state index in [0.717, 1.165) is 4.90 Å². The number of hydrogen-bond acceptors (Lipinski definition) is 5. The second-order valence-electron chi connectivity index (χ2n) is 6.75. The molecule has 3 rings (SSSR count). The summed E-state index contributed by atoms with van der Waals surface area (Å²) in [6.07, 6.45) is 1.28. The van der Waals surface area contributed by atoms with Crippen LogP contribution in [0.5, 0.6) is 0 Å². The molecule has 33 heavy (non-hydrogen) atoms. The van der Waals surface area contributed by atoms with Crippen LogP contribution < -0.4 is 10.6 Å². The summed E-state index contributed by atoms with van der Waals surface area (Å²) in [7, 11) is 1.31. The van der Waals surface area contributed by atoms with Gasteiger partial charge in [0, 0.05) is 21.7 Å². The van der Waals surface area contributed by atoms with Crippen LogP contribution in [0.4, 0.5) is 10.1 Å². The number of benzene rings is 3. The van der Waals surface area contributed by atoms with Crippen molar-refractivity contribution in [3.8, 4) is 0 Å². The van der Waals surface area contributed by atoms with Gasteiger partial charge in [0.25, 0.3) is 11.8 Å². The molecule has 0 heterocycles. The van der Waals surface area contributed by atoms with Crippen molar-refractivity contribution in [1.82, 2.24) is 5.32 Å². The second-order valence-corrected chi connectivity index (χ2v) is 7.80. The molecule has 0 aliphatic heterocycles. The summed E-state index contributed by atoms with van der Waals surface area (Å²) < 4.78 is 18.8. The summed E-state index contributed by atoms with van der Waals surface area (Å²) in [6, 6.07) is 21.2. The fourth-order valence-electron chi connectivity index (χ4n) is 2.75. The minimum atomic E-state index is -0.627. The van der Waals surface area contributed by atoms with E-state index in [4.69, 9.17) is 0 Å². The zero-order chi connectivity index (χ0) is 23.6. The molecule has 0 saturated heterocycles. The van der Waals surface area contributed by atoms with E-state index in [1.54, 1.807) is 60.7 Å². The van der Waals surface area contributed by atoms with Crippen molar-refractivity contribution in [3.63, 3.8) is 0 Å². The van der Waals surface area contributed by atoms with Crippen LogP contribution in [0.3, 0.4) is 0 Å². The highest BCUT2D eigenvalue weighted by Gasteiger charge is 2.16. The summed E-state index contributed by atoms with van der Waals surface area (Å²) in [4.78, 5) is 37.8. The summed E-state index contributed by atoms with van der Waals surface area (Å²) in [5, 5.41) is 5.28. The highest BCUT2D eigenvalue weighted by Crippen LogP contribution is 2.22. The van der Waals surface area contributed by atoms with Crippen LogP contribution in [0, 0.1) is 5.82 Å². The highest BCUT2D eigenvalue weighted by atomic mass is 32.2. The Balaban J connectivity index is 1.83. The van der Waals surface area contributed by atoms with Crippen molar-refractivity contribution < 1.29 is 23.5 Å². The number of rotatable bonds is 8. The molecular formula is C25H21FN2O4S. The van der Waals surface area contributed by atoms with Crippen molar-refractivity contribution >= 4 is 41.3 Å². The molecule has 2 amide bonds. The fourth-order valence-corrected chi connectivity index (χ4v) is 3.54. The van der Waals surface area contributed by atoms with Gasteiger partial charge in [-0.15, -0.1) is 11.8 Å². The van der Waals surface area contributed by atoms with Gasteiger partial charge >= 0.3 is 5.97 Å². The van der Waals surface area contributed by atoms with Crippen molar-refractivity contribution in [2.45, 2.75) is 4.90 Å². The van der Waals surface area contributed by atoms with Crippen LogP contribution in [0.25, 0.3) is 6.08 Å². The zero-order valence-electron chi connectivity index (χ0n) is 17.7. The number of esters is 1. The quantitative estimate of drug-likeness (QED) is 0.291. The van der Waals surface area contributed by atoms with E-state index in [9.17, 15) is 18.8 Å². The van der Waals surface area contributed by atoms with Gasteiger partial charge < -0.3 is 15.4 Å². The van der Waals surface area contributed by atoms with Gasteiger partial charge in [0.15, 0.2) is 0 Å². The Hall–Kier alpha value is -3.91. The predicted molar refractivity (Wildman–Crippen MR) is 126 cm³/mol. The number of thioether (sulfide) groups is 1. The van der Waals surface area contributed by atoms with Gasteiger partial charge in [-0.05, 0) is 42.5 Å². The summed E-state index contributed by atoms with van der Waals surface area (Å²) >= 11 is 1.26. The van der Waals surface area contributed by atoms with E-state index in [-0.39, 0.29) is 23.0 Å². The van der Waals surface area contributed by atoms with E-state index in [2.05, 4.69) is 15.4 Å². The van der Waals surface area contributed by atoms with Crippen molar-refractivity contribution in [1.29, 1.82) is 0 Å². The van der Waals surface area contributed by atoms with Gasteiger partial charge in [-0.3, -0.25) is 14.4 Å². The van der Waals surface area contributed by atoms with E-state index in [1.165, 1.54) is 43.1 Å². The monoisotopic (exact) mass is 464 g/mol. The number of ether oxygens (including phenoxy) is 1. The predicted octanol–water partition coefficient (Wildman–Crippen LogP) is 4.50. The molecule has 0 aliphatic carbocycles. The van der Waals surface area contributed by atoms with E-state index < -0.39 is 17.6 Å². The molecule has 0 spiro atoms. The average molecular weight is 465 g/mol. The number of methoxy groups -OCH3 is 1. The van der Waals surface area contributed by atoms with Crippen LogP contribution in [0.15, 0.2) is 89.5 Å². The number of amides is 2. The second kappa shape index (κ2) is 11.6. The molecule has 0 saturated carbocycles. The minimum absolute atomic E-state index is 0.124. The molecule has 0 aromatic heterocycles. The maximum absolute atomic E-state index is 14.2. The van der Waals surface area contributed by atoms with Crippen LogP contribution in [-0.2, 0) is 14.3 Å². The molecule has 0 radical (unpaired) electrons. The third-order valence-electron chi connectivity index (χ3n) is 4.41. The lowest BCUT2D eigenvalue weighted by Crippen LogP contribution is -2.30. The Labute approximate surface area is 194 Å². The van der Waals surface area contributed by atoms with Gasteiger partial charge in [0.2, 0.25) is 0 Å². The third kappa shape index (κ3) is 7.05. The molecule has 0 atom stereocenters. The summed E-state index contributed by atoms with van der Waals surface area (Å²) in [6.45, 7) is 0. The van der Waals surface area contributed by atoms with E-state index in [0.29, 0.717) is 11.3 Å². The Morgan fingerprint density at radius 1 is 0.970 bits per heavy atom. The number of anilines is 1. The molecule has 168 valence electrons. The number of nitrogens with one attached hydrogen (secondary N) is 2. The highest BCUT2D eigenvalue weighted by molar-refractivity contribution is 8.00. The molecule has 0 unspecified atom stereocenters. The molecule has 2 N–H and O–H groups in total. The third-order valence-corrected chi connectivity index (χ3v) is 5.38. The van der Waals surface area contributed by atoms with Gasteiger partial charge in [-0.2, -0.15) is 0 Å². The fraction of sp³-hybridized carbons (Fsp3) is 0.0800. The first-order valence-electron chi connectivity index (χ1n) is 9.90. The molecule has 0 fully saturated rings. The van der Waals surface area contributed by atoms with Gasteiger partial charge in [0.1, 0.15) is 11.5 Å². The Morgan fingerprint density at radius 2 is 1.70 bits per heavy atom. The maximum atomic E-state index is 14.2. The SMILES string of the molecule is COC(=O)CSc1cccc(NC(=O)/C(=C\c2ccccc2F)NC(=O)c2ccccc2)c1. The number of carbonyl (C=O) groups excluding carboxylic acids is 3. The number of carbonyl (C=O) groups is 3. The van der Waals surface area contributed by atoms with Crippen molar-refractivity contribution in [2.24, 2.45) is 0 Å². The number of hydrogen-bond donors (Lipinski definition) is 2. The van der Waals surface area contributed by atoms with Crippen LogP contribution in [-0.4, -0.2) is 30.6 Å². The Morgan fingerprint density at radius 3 is 2.42 bits per heavy atom. The molecule has 6 nitrogen and oxygen atoms in total. The topological polar surface area (TPSA) is 84.5 Å².